The molecule has 1 heterocycles. The molecule has 0 spiro atoms. The van der Waals surface area contributed by atoms with Gasteiger partial charge in [-0.05, 0) is 30.0 Å². The summed E-state index contributed by atoms with van der Waals surface area (Å²) in [5, 5.41) is 8.62. The summed E-state index contributed by atoms with van der Waals surface area (Å²) in [6.07, 6.45) is 5.45. The van der Waals surface area contributed by atoms with Crippen molar-refractivity contribution in [1.29, 1.82) is 0 Å². The van der Waals surface area contributed by atoms with Crippen molar-refractivity contribution in [2.45, 2.75) is 33.7 Å². The molecule has 0 radical (unpaired) electrons. The largest absolute Gasteiger partial charge is 0.478 e. The minimum absolute atomic E-state index is 0.0291. The second-order valence-corrected chi connectivity index (χ2v) is 6.14. The van der Waals surface area contributed by atoms with Gasteiger partial charge in [-0.3, -0.25) is 9.78 Å². The quantitative estimate of drug-likeness (QED) is 0.865. The third-order valence-corrected chi connectivity index (χ3v) is 3.58. The Labute approximate surface area is 125 Å². The molecule has 0 aromatic carbocycles. The lowest BCUT2D eigenvalue weighted by atomic mass is 9.87. The van der Waals surface area contributed by atoms with Crippen LogP contribution in [-0.4, -0.2) is 40.0 Å². The number of carboxylic acid groups (broad SMARTS) is 1. The highest BCUT2D eigenvalue weighted by Crippen LogP contribution is 2.24. The van der Waals surface area contributed by atoms with E-state index in [-0.39, 0.29) is 17.4 Å². The summed E-state index contributed by atoms with van der Waals surface area (Å²) in [6, 6.07) is 1.70. The molecule has 1 aromatic heterocycles. The second-order valence-electron chi connectivity index (χ2n) is 6.14. The summed E-state index contributed by atoms with van der Waals surface area (Å²) in [6.45, 7) is 8.22. The Kier molecular flexibility index (Phi) is 5.24. The van der Waals surface area contributed by atoms with Crippen LogP contribution in [0.25, 0.3) is 6.08 Å². The highest BCUT2D eigenvalue weighted by atomic mass is 16.4. The fourth-order valence-electron chi connectivity index (χ4n) is 1.79. The average Bonchev–Trinajstić information content (AvgIpc) is 2.42. The first kappa shape index (κ1) is 16.9. The molecule has 1 aromatic rings. The molecule has 21 heavy (non-hydrogen) atoms. The molecule has 1 N–H and O–H groups in total. The second kappa shape index (κ2) is 6.52. The molecular weight excluding hydrogens is 268 g/mol. The molecule has 0 aliphatic carbocycles. The Morgan fingerprint density at radius 3 is 2.48 bits per heavy atom. The summed E-state index contributed by atoms with van der Waals surface area (Å²) in [7, 11) is 1.76. The maximum absolute atomic E-state index is 12.5. The number of carboxylic acids is 1. The van der Waals surface area contributed by atoms with Crippen LogP contribution in [0.5, 0.6) is 0 Å². The molecule has 5 heteroatoms. The Morgan fingerprint density at radius 1 is 1.33 bits per heavy atom. The number of aliphatic carboxylic acids is 1. The summed E-state index contributed by atoms with van der Waals surface area (Å²) in [5.74, 6) is -1.17. The van der Waals surface area contributed by atoms with Gasteiger partial charge in [0, 0.05) is 31.6 Å². The van der Waals surface area contributed by atoms with Gasteiger partial charge in [-0.2, -0.15) is 0 Å². The smallest absolute Gasteiger partial charge is 0.328 e. The van der Waals surface area contributed by atoms with Crippen LogP contribution < -0.4 is 0 Å². The Balaban J connectivity index is 2.98. The molecule has 1 atom stereocenters. The van der Waals surface area contributed by atoms with E-state index in [2.05, 4.69) is 25.8 Å². The van der Waals surface area contributed by atoms with E-state index in [4.69, 9.17) is 5.11 Å². The van der Waals surface area contributed by atoms with Crippen LogP contribution in [0.4, 0.5) is 0 Å². The number of aromatic nitrogens is 1. The first-order chi connectivity index (χ1) is 9.62. The first-order valence-corrected chi connectivity index (χ1v) is 6.76. The fourth-order valence-corrected chi connectivity index (χ4v) is 1.79. The SMILES string of the molecule is CC(N(C)C(=O)c1cncc(C=CC(=O)O)c1)C(C)(C)C. The van der Waals surface area contributed by atoms with Crippen LogP contribution in [0.2, 0.25) is 0 Å². The molecular formula is C16H22N2O3. The number of nitrogens with zero attached hydrogens (tertiary/aromatic N) is 2. The van der Waals surface area contributed by atoms with Gasteiger partial charge in [0.15, 0.2) is 0 Å². The van der Waals surface area contributed by atoms with Gasteiger partial charge in [0.05, 0.1) is 5.56 Å². The summed E-state index contributed by atoms with van der Waals surface area (Å²) < 4.78 is 0. The van der Waals surface area contributed by atoms with Crippen molar-refractivity contribution in [2.24, 2.45) is 5.41 Å². The predicted molar refractivity (Wildman–Crippen MR) is 81.9 cm³/mol. The molecule has 114 valence electrons. The number of pyridine rings is 1. The van der Waals surface area contributed by atoms with E-state index < -0.39 is 5.97 Å². The maximum Gasteiger partial charge on any atom is 0.328 e. The molecule has 5 nitrogen and oxygen atoms in total. The molecule has 0 saturated carbocycles. The zero-order chi connectivity index (χ0) is 16.2. The van der Waals surface area contributed by atoms with Gasteiger partial charge >= 0.3 is 5.97 Å². The van der Waals surface area contributed by atoms with Crippen LogP contribution in [0, 0.1) is 5.41 Å². The van der Waals surface area contributed by atoms with Crippen molar-refractivity contribution in [3.05, 3.63) is 35.7 Å². The van der Waals surface area contributed by atoms with Gasteiger partial charge in [0.25, 0.3) is 5.91 Å². The van der Waals surface area contributed by atoms with Gasteiger partial charge in [0.2, 0.25) is 0 Å². The molecule has 0 aliphatic heterocycles. The lowest BCUT2D eigenvalue weighted by molar-refractivity contribution is -0.131. The Hall–Kier alpha value is -2.17. The van der Waals surface area contributed by atoms with Crippen molar-refractivity contribution in [2.75, 3.05) is 7.05 Å². The van der Waals surface area contributed by atoms with Crippen molar-refractivity contribution in [1.82, 2.24) is 9.88 Å². The van der Waals surface area contributed by atoms with E-state index in [1.165, 1.54) is 18.5 Å². The molecule has 0 bridgehead atoms. The number of rotatable bonds is 4. The highest BCUT2D eigenvalue weighted by Gasteiger charge is 2.27. The molecule has 0 aliphatic rings. The number of amides is 1. The van der Waals surface area contributed by atoms with Crippen LogP contribution in [0.3, 0.4) is 0 Å². The summed E-state index contributed by atoms with van der Waals surface area (Å²) >= 11 is 0. The number of hydrogen-bond acceptors (Lipinski definition) is 3. The van der Waals surface area contributed by atoms with E-state index in [1.54, 1.807) is 18.0 Å². The maximum atomic E-state index is 12.5. The molecule has 1 rings (SSSR count). The minimum atomic E-state index is -1.04. The first-order valence-electron chi connectivity index (χ1n) is 6.76. The average molecular weight is 290 g/mol. The van der Waals surface area contributed by atoms with Gasteiger partial charge < -0.3 is 10.0 Å². The van der Waals surface area contributed by atoms with Crippen LogP contribution in [0.1, 0.15) is 43.6 Å². The monoisotopic (exact) mass is 290 g/mol. The van der Waals surface area contributed by atoms with Crippen LogP contribution in [0.15, 0.2) is 24.5 Å². The Bertz CT molecular complexity index is 559. The number of carbonyl (C=O) groups is 2. The molecule has 1 unspecified atom stereocenters. The standard InChI is InChI=1S/C16H22N2O3/c1-11(16(2,3)4)18(5)15(21)13-8-12(9-17-10-13)6-7-14(19)20/h6-11H,1-5H3,(H,19,20). The third-order valence-electron chi connectivity index (χ3n) is 3.58. The molecule has 0 saturated heterocycles. The van der Waals surface area contributed by atoms with Crippen LogP contribution in [-0.2, 0) is 4.79 Å². The van der Waals surface area contributed by atoms with Crippen LogP contribution >= 0.6 is 0 Å². The van der Waals surface area contributed by atoms with Crippen molar-refractivity contribution < 1.29 is 14.7 Å². The van der Waals surface area contributed by atoms with E-state index in [9.17, 15) is 9.59 Å². The highest BCUT2D eigenvalue weighted by molar-refractivity contribution is 5.94. The molecule has 0 fully saturated rings. The lowest BCUT2D eigenvalue weighted by Crippen LogP contribution is -2.43. The van der Waals surface area contributed by atoms with Gasteiger partial charge in [-0.15, -0.1) is 0 Å². The van der Waals surface area contributed by atoms with Gasteiger partial charge in [0.1, 0.15) is 0 Å². The molecule has 1 amide bonds. The topological polar surface area (TPSA) is 70.5 Å². The van der Waals surface area contributed by atoms with Gasteiger partial charge in [-0.25, -0.2) is 4.79 Å². The van der Waals surface area contributed by atoms with E-state index >= 15 is 0 Å². The van der Waals surface area contributed by atoms with Crippen molar-refractivity contribution in [3.8, 4) is 0 Å². The van der Waals surface area contributed by atoms with Crippen molar-refractivity contribution >= 4 is 18.0 Å². The van der Waals surface area contributed by atoms with E-state index in [0.29, 0.717) is 11.1 Å². The van der Waals surface area contributed by atoms with Crippen molar-refractivity contribution in [3.63, 3.8) is 0 Å². The fraction of sp³-hybridized carbons (Fsp3) is 0.438. The van der Waals surface area contributed by atoms with E-state index in [1.807, 2.05) is 6.92 Å². The third kappa shape index (κ3) is 4.70. The Morgan fingerprint density at radius 2 is 1.95 bits per heavy atom. The zero-order valence-electron chi connectivity index (χ0n) is 13.1. The summed E-state index contributed by atoms with van der Waals surface area (Å²) in [5.41, 5.74) is 1.000. The predicted octanol–water partition coefficient (Wildman–Crippen LogP) is 2.69. The number of carbonyl (C=O) groups excluding carboxylic acids is 1. The minimum Gasteiger partial charge on any atom is -0.478 e. The lowest BCUT2D eigenvalue weighted by Gasteiger charge is -2.35. The van der Waals surface area contributed by atoms with E-state index in [0.717, 1.165) is 6.08 Å². The van der Waals surface area contributed by atoms with Gasteiger partial charge in [-0.1, -0.05) is 20.8 Å². The zero-order valence-corrected chi connectivity index (χ0v) is 13.1. The summed E-state index contributed by atoms with van der Waals surface area (Å²) in [4.78, 5) is 28.7. The number of hydrogen-bond donors (Lipinski definition) is 1. The normalized spacial score (nSPS) is 13.2.